The molecule has 0 aromatic carbocycles. The van der Waals surface area contributed by atoms with Crippen molar-refractivity contribution in [2.24, 2.45) is 0 Å². The van der Waals surface area contributed by atoms with Crippen molar-refractivity contribution in [1.29, 1.82) is 0 Å². The van der Waals surface area contributed by atoms with Crippen molar-refractivity contribution in [2.75, 3.05) is 12.3 Å². The number of H-pyrrole nitrogens is 1. The summed E-state index contributed by atoms with van der Waals surface area (Å²) in [6, 6.07) is 1.77. The first-order chi connectivity index (χ1) is 11.9. The molecule has 132 valence electrons. The lowest BCUT2D eigenvalue weighted by Crippen LogP contribution is -2.44. The highest BCUT2D eigenvalue weighted by Crippen LogP contribution is 2.42. The van der Waals surface area contributed by atoms with Gasteiger partial charge in [-0.05, 0) is 13.0 Å². The molecule has 4 rings (SSSR count). The third kappa shape index (κ3) is 2.23. The lowest BCUT2D eigenvalue weighted by atomic mass is 9.96. The van der Waals surface area contributed by atoms with Gasteiger partial charge in [-0.25, -0.2) is 9.97 Å². The summed E-state index contributed by atoms with van der Waals surface area (Å²) in [6.45, 7) is 1.03. The van der Waals surface area contributed by atoms with Crippen LogP contribution in [-0.2, 0) is 4.74 Å². The second kappa shape index (κ2) is 5.49. The summed E-state index contributed by atoms with van der Waals surface area (Å²) in [7, 11) is 0. The molecule has 1 aliphatic rings. The molecule has 4 atom stereocenters. The molecule has 10 heteroatoms. The molecule has 0 saturated carbocycles. The van der Waals surface area contributed by atoms with Crippen LogP contribution in [0.1, 0.15) is 13.2 Å². The minimum atomic E-state index is -1.63. The molecule has 0 spiro atoms. The molecule has 1 fully saturated rings. The van der Waals surface area contributed by atoms with Crippen molar-refractivity contribution in [3.63, 3.8) is 0 Å². The third-order valence-electron chi connectivity index (χ3n) is 4.62. The zero-order chi connectivity index (χ0) is 17.8. The van der Waals surface area contributed by atoms with Crippen LogP contribution in [0.15, 0.2) is 24.8 Å². The van der Waals surface area contributed by atoms with E-state index in [4.69, 9.17) is 10.5 Å². The lowest BCUT2D eigenvalue weighted by Gasteiger charge is -2.27. The summed E-state index contributed by atoms with van der Waals surface area (Å²) in [6.07, 6.45) is 1.49. The van der Waals surface area contributed by atoms with Gasteiger partial charge in [-0.1, -0.05) is 0 Å². The Morgan fingerprint density at radius 2 is 2.24 bits per heavy atom. The smallest absolute Gasteiger partial charge is 0.167 e. The van der Waals surface area contributed by atoms with E-state index in [-0.39, 0.29) is 5.82 Å². The van der Waals surface area contributed by atoms with Crippen LogP contribution < -0.4 is 5.73 Å². The number of fused-ring (bicyclic) bond motifs is 1. The standard InChI is InChI=1S/C15H18N6O4/c1-15(24)11(23)9(5-22)25-14(15)21-4-7(8-2-3-19-20-8)10-12(16)17-6-18-13(10)21/h2-4,6,9,11,14,22-24H,5H2,1H3,(H,19,20)(H2,16,17,18)/t9-,11-,14-,15-/m1/s1. The van der Waals surface area contributed by atoms with Gasteiger partial charge in [-0.2, -0.15) is 5.10 Å². The molecule has 0 bridgehead atoms. The number of nitrogens with two attached hydrogens (primary N) is 1. The summed E-state index contributed by atoms with van der Waals surface area (Å²) in [5, 5.41) is 37.7. The van der Waals surface area contributed by atoms with Gasteiger partial charge in [0, 0.05) is 18.0 Å². The Bertz CT molecular complexity index is 906. The first kappa shape index (κ1) is 16.0. The van der Waals surface area contributed by atoms with Gasteiger partial charge in [-0.3, -0.25) is 5.10 Å². The molecule has 6 N–H and O–H groups in total. The molecule has 10 nitrogen and oxygen atoms in total. The molecule has 0 radical (unpaired) electrons. The number of aliphatic hydroxyl groups is 3. The number of hydrogen-bond donors (Lipinski definition) is 5. The average Bonchev–Trinajstić information content (AvgIpc) is 3.27. The number of rotatable bonds is 3. The fourth-order valence-electron chi connectivity index (χ4n) is 3.29. The molecular weight excluding hydrogens is 328 g/mol. The van der Waals surface area contributed by atoms with E-state index in [0.717, 1.165) is 0 Å². The van der Waals surface area contributed by atoms with Crippen molar-refractivity contribution in [2.45, 2.75) is 31.0 Å². The normalized spacial score (nSPS) is 29.5. The van der Waals surface area contributed by atoms with E-state index in [1.165, 1.54) is 13.3 Å². The van der Waals surface area contributed by atoms with Gasteiger partial charge in [-0.15, -0.1) is 0 Å². The number of ether oxygens (including phenoxy) is 1. The average molecular weight is 346 g/mol. The van der Waals surface area contributed by atoms with E-state index < -0.39 is 30.6 Å². The third-order valence-corrected chi connectivity index (χ3v) is 4.62. The lowest BCUT2D eigenvalue weighted by molar-refractivity contribution is -0.0948. The zero-order valence-electron chi connectivity index (χ0n) is 13.4. The van der Waals surface area contributed by atoms with E-state index in [0.29, 0.717) is 22.3 Å². The van der Waals surface area contributed by atoms with E-state index in [2.05, 4.69) is 20.2 Å². The minimum Gasteiger partial charge on any atom is -0.394 e. The summed E-state index contributed by atoms with van der Waals surface area (Å²) in [5.41, 5.74) is 6.22. The van der Waals surface area contributed by atoms with Crippen LogP contribution in [0.4, 0.5) is 5.82 Å². The summed E-state index contributed by atoms with van der Waals surface area (Å²) >= 11 is 0. The highest BCUT2D eigenvalue weighted by molar-refractivity contribution is 5.99. The van der Waals surface area contributed by atoms with Crippen molar-refractivity contribution >= 4 is 16.9 Å². The zero-order valence-corrected chi connectivity index (χ0v) is 13.4. The Morgan fingerprint density at radius 1 is 1.44 bits per heavy atom. The molecule has 3 aromatic heterocycles. The van der Waals surface area contributed by atoms with Gasteiger partial charge < -0.3 is 30.4 Å². The number of nitrogens with zero attached hydrogens (tertiary/aromatic N) is 4. The molecule has 1 aliphatic heterocycles. The molecule has 1 saturated heterocycles. The van der Waals surface area contributed by atoms with E-state index >= 15 is 0 Å². The van der Waals surface area contributed by atoms with Crippen molar-refractivity contribution in [1.82, 2.24) is 24.7 Å². The maximum atomic E-state index is 10.7. The number of aromatic amines is 1. The fraction of sp³-hybridized carbons (Fsp3) is 0.400. The van der Waals surface area contributed by atoms with Crippen molar-refractivity contribution in [3.8, 4) is 11.3 Å². The Kier molecular flexibility index (Phi) is 3.51. The largest absolute Gasteiger partial charge is 0.394 e. The maximum absolute atomic E-state index is 10.7. The van der Waals surface area contributed by atoms with Crippen molar-refractivity contribution < 1.29 is 20.1 Å². The topological polar surface area (TPSA) is 155 Å². The van der Waals surface area contributed by atoms with Crippen molar-refractivity contribution in [3.05, 3.63) is 24.8 Å². The first-order valence-electron chi connectivity index (χ1n) is 7.72. The second-order valence-corrected chi connectivity index (χ2v) is 6.26. The predicted octanol–water partition coefficient (Wildman–Crippen LogP) is -0.595. The number of anilines is 1. The predicted molar refractivity (Wildman–Crippen MR) is 87.1 cm³/mol. The second-order valence-electron chi connectivity index (χ2n) is 6.26. The Labute approximate surface area is 141 Å². The molecule has 0 amide bonds. The Morgan fingerprint density at radius 3 is 2.88 bits per heavy atom. The van der Waals surface area contributed by atoms with Gasteiger partial charge in [0.2, 0.25) is 0 Å². The number of nitrogen functional groups attached to an aromatic ring is 1. The number of aromatic nitrogens is 5. The summed E-state index contributed by atoms with van der Waals surface area (Å²) < 4.78 is 7.27. The molecule has 25 heavy (non-hydrogen) atoms. The maximum Gasteiger partial charge on any atom is 0.167 e. The van der Waals surface area contributed by atoms with Crippen LogP contribution in [0.25, 0.3) is 22.3 Å². The van der Waals surface area contributed by atoms with Crippen LogP contribution >= 0.6 is 0 Å². The number of hydrogen-bond acceptors (Lipinski definition) is 8. The highest BCUT2D eigenvalue weighted by Gasteiger charge is 2.53. The number of aliphatic hydroxyl groups excluding tert-OH is 2. The SMILES string of the molecule is C[C@@]1(O)[C@H](O)[C@@H](CO)O[C@H]1n1cc(-c2ccn[nH]2)c2c(N)ncnc21. The van der Waals surface area contributed by atoms with Gasteiger partial charge in [0.1, 0.15) is 35.6 Å². The number of nitrogens with one attached hydrogen (secondary N) is 1. The van der Waals surface area contributed by atoms with E-state index in [9.17, 15) is 15.3 Å². The summed E-state index contributed by atoms with van der Waals surface area (Å²) in [5.74, 6) is 0.269. The summed E-state index contributed by atoms with van der Waals surface area (Å²) in [4.78, 5) is 8.29. The van der Waals surface area contributed by atoms with Gasteiger partial charge >= 0.3 is 0 Å². The van der Waals surface area contributed by atoms with Gasteiger partial charge in [0.25, 0.3) is 0 Å². The van der Waals surface area contributed by atoms with Gasteiger partial charge in [0.15, 0.2) is 6.23 Å². The Hall–Kier alpha value is -2.53. The minimum absolute atomic E-state index is 0.269. The quantitative estimate of drug-likeness (QED) is 0.421. The first-order valence-corrected chi connectivity index (χ1v) is 7.72. The van der Waals surface area contributed by atoms with Crippen LogP contribution in [0.3, 0.4) is 0 Å². The van der Waals surface area contributed by atoms with Crippen LogP contribution in [0.2, 0.25) is 0 Å². The molecule has 0 aliphatic carbocycles. The fourth-order valence-corrected chi connectivity index (χ4v) is 3.29. The molecular formula is C15H18N6O4. The monoisotopic (exact) mass is 346 g/mol. The van der Waals surface area contributed by atoms with Crippen LogP contribution in [0, 0.1) is 0 Å². The highest BCUT2D eigenvalue weighted by atomic mass is 16.6. The van der Waals surface area contributed by atoms with E-state index in [1.807, 2.05) is 0 Å². The van der Waals surface area contributed by atoms with Crippen LogP contribution in [0.5, 0.6) is 0 Å². The van der Waals surface area contributed by atoms with Gasteiger partial charge in [0.05, 0.1) is 17.7 Å². The molecule has 0 unspecified atom stereocenters. The molecule has 3 aromatic rings. The molecule has 4 heterocycles. The Balaban J connectivity index is 1.93. The van der Waals surface area contributed by atoms with E-state index in [1.54, 1.807) is 23.0 Å². The van der Waals surface area contributed by atoms with Crippen LogP contribution in [-0.4, -0.2) is 64.5 Å².